The molecule has 0 N–H and O–H groups in total. The molecule has 15 heavy (non-hydrogen) atoms. The van der Waals surface area contributed by atoms with Gasteiger partial charge in [-0.15, -0.1) is 65.4 Å². The Bertz CT molecular complexity index is 215. The molecule has 0 aromatic rings. The van der Waals surface area contributed by atoms with Crippen molar-refractivity contribution >= 4 is 138 Å². The molecule has 0 fully saturated rings. The molecule has 0 saturated carbocycles. The van der Waals surface area contributed by atoms with Crippen molar-refractivity contribution in [2.45, 2.75) is 38.8 Å². The molecule has 0 unspecified atom stereocenters. The Morgan fingerprint density at radius 2 is 0.933 bits per heavy atom. The van der Waals surface area contributed by atoms with Gasteiger partial charge in [0.1, 0.15) is 5.09 Å². The zero-order chi connectivity index (χ0) is 12.7. The van der Waals surface area contributed by atoms with Gasteiger partial charge in [-0.25, -0.2) is 0 Å². The molecule has 92 valence electrons. The van der Waals surface area contributed by atoms with E-state index in [2.05, 4.69) is 158 Å². The Kier molecular flexibility index (Phi) is 9.80. The molecule has 0 nitrogen and oxygen atoms in total. The topological polar surface area (TPSA) is 0 Å². The Balaban J connectivity index is 5.46. The highest BCUT2D eigenvalue weighted by Crippen LogP contribution is 2.59. The lowest BCUT2D eigenvalue weighted by molar-refractivity contribution is 0.957. The zero-order valence-corrected chi connectivity index (χ0v) is 24.9. The van der Waals surface area contributed by atoms with Crippen LogP contribution in [0.1, 0.15) is 27.7 Å². The van der Waals surface area contributed by atoms with Crippen molar-refractivity contribution in [1.29, 1.82) is 0 Å². The van der Waals surface area contributed by atoms with Gasteiger partial charge in [0.2, 0.25) is 2.10 Å². The maximum atomic E-state index is 2.93. The normalized spacial score (nSPS) is 15.2. The van der Waals surface area contributed by atoms with Crippen LogP contribution in [0.15, 0.2) is 0 Å². The summed E-state index contributed by atoms with van der Waals surface area (Å²) in [6.45, 7) is 9.84. The van der Waals surface area contributed by atoms with Gasteiger partial charge in [0.15, 0.2) is 0 Å². The van der Waals surface area contributed by atoms with Gasteiger partial charge in [0.05, 0.1) is 0 Å². The first-order valence-electron chi connectivity index (χ1n) is 4.52. The number of rotatable bonds is 4. The van der Waals surface area contributed by atoms with E-state index in [0.29, 0.717) is 0 Å². The van der Waals surface area contributed by atoms with Crippen LogP contribution >= 0.6 is 131 Å². The quantitative estimate of drug-likeness (QED) is 0.164. The molecule has 0 saturated heterocycles. The first kappa shape index (κ1) is 20.0. The predicted molar refractivity (Wildman–Crippen MR) is 132 cm³/mol. The standard InChI is InChI=1S/C6H14I6Si3/c1-5(2)13(7,6(3)4)15(11,12)14(8,9)10/h5-6H,1-4H3. The molecule has 0 atom stereocenters. The van der Waals surface area contributed by atoms with Gasteiger partial charge in [0, 0.05) is 0 Å². The van der Waals surface area contributed by atoms with Crippen molar-refractivity contribution < 1.29 is 0 Å². The van der Waals surface area contributed by atoms with Crippen molar-refractivity contribution in [2.75, 3.05) is 0 Å². The van der Waals surface area contributed by atoms with E-state index in [9.17, 15) is 0 Å². The molecular weight excluding hydrogens is 918 g/mol. The van der Waals surface area contributed by atoms with E-state index in [0.717, 1.165) is 11.1 Å². The molecule has 0 spiro atoms. The van der Waals surface area contributed by atoms with E-state index in [1.807, 2.05) is 0 Å². The summed E-state index contributed by atoms with van der Waals surface area (Å²) >= 11 is 17.2. The van der Waals surface area contributed by atoms with E-state index in [4.69, 9.17) is 0 Å². The minimum absolute atomic E-state index is 0.907. The fraction of sp³-hybridized carbons (Fsp3) is 1.00. The van der Waals surface area contributed by atoms with Crippen molar-refractivity contribution in [3.05, 3.63) is 0 Å². The third-order valence-electron chi connectivity index (χ3n) is 2.52. The lowest BCUT2D eigenvalue weighted by atomic mass is 10.5. The van der Waals surface area contributed by atoms with Crippen molar-refractivity contribution in [3.63, 3.8) is 0 Å². The van der Waals surface area contributed by atoms with Crippen LogP contribution in [-0.4, -0.2) is 7.27 Å². The largest absolute Gasteiger partial charge is 0.262 e. The molecule has 9 heteroatoms. The minimum Gasteiger partial charge on any atom is -0.120 e. The first-order valence-corrected chi connectivity index (χ1v) is 31.4. The fourth-order valence-electron chi connectivity index (χ4n) is 1.61. The van der Waals surface area contributed by atoms with E-state index in [-0.39, 0.29) is 0 Å². The zero-order valence-electron chi connectivity index (χ0n) is 8.92. The lowest BCUT2D eigenvalue weighted by Gasteiger charge is -2.45. The number of hydrogen-bond acceptors (Lipinski definition) is 0. The number of hydrogen-bond donors (Lipinski definition) is 0. The Labute approximate surface area is 172 Å². The Morgan fingerprint density at radius 1 is 0.667 bits per heavy atom. The van der Waals surface area contributed by atoms with Crippen LogP contribution in [0.3, 0.4) is 0 Å². The third-order valence-corrected chi connectivity index (χ3v) is 183. The summed E-state index contributed by atoms with van der Waals surface area (Å²) in [4.78, 5) is 0. The van der Waals surface area contributed by atoms with Crippen LogP contribution in [0.5, 0.6) is 0 Å². The van der Waals surface area contributed by atoms with Crippen LogP contribution in [0.25, 0.3) is 0 Å². The summed E-state index contributed by atoms with van der Waals surface area (Å²) < 4.78 is -2.19. The van der Waals surface area contributed by atoms with Gasteiger partial charge in [-0.2, -0.15) is 0 Å². The van der Waals surface area contributed by atoms with Gasteiger partial charge in [-0.05, 0) is 11.1 Å². The number of halogens is 6. The first-order chi connectivity index (χ1) is 6.39. The fourth-order valence-corrected chi connectivity index (χ4v) is 131. The van der Waals surface area contributed by atoms with E-state index in [1.54, 1.807) is 0 Å². The van der Waals surface area contributed by atoms with Gasteiger partial charge < -0.3 is 0 Å². The molecule has 0 aromatic heterocycles. The highest BCUT2D eigenvalue weighted by Gasteiger charge is 2.65. The Hall–Kier alpha value is 5.03. The van der Waals surface area contributed by atoms with Gasteiger partial charge in [-0.1, -0.05) is 93.1 Å². The van der Waals surface area contributed by atoms with Gasteiger partial charge in [-0.3, -0.25) is 0 Å². The SMILES string of the molecule is CC(C)[Si](I)(C(C)C)[Si](I)(I)[Si](I)(I)I. The molecule has 0 aliphatic carbocycles. The van der Waals surface area contributed by atoms with Crippen LogP contribution in [0.2, 0.25) is 11.1 Å². The Morgan fingerprint density at radius 3 is 1.00 bits per heavy atom. The molecule has 0 aromatic carbocycles. The highest BCUT2D eigenvalue weighted by molar-refractivity contribution is 14.4. The summed E-state index contributed by atoms with van der Waals surface area (Å²) in [5.74, 6) is 0. The molecule has 0 bridgehead atoms. The second kappa shape index (κ2) is 7.34. The summed E-state index contributed by atoms with van der Waals surface area (Å²) in [6.07, 6.45) is 0. The molecule has 0 rings (SSSR count). The van der Waals surface area contributed by atoms with Gasteiger partial charge in [0.25, 0.3) is 0.0813 Å². The smallest absolute Gasteiger partial charge is 0.120 e. The maximum Gasteiger partial charge on any atom is 0.262 e. The van der Waals surface area contributed by atoms with Crippen molar-refractivity contribution in [1.82, 2.24) is 0 Å². The van der Waals surface area contributed by atoms with E-state index >= 15 is 0 Å². The third kappa shape index (κ3) is 4.50. The van der Waals surface area contributed by atoms with Gasteiger partial charge >= 0.3 is 0 Å². The maximum absolute atomic E-state index is 2.93. The van der Waals surface area contributed by atoms with Crippen LogP contribution in [0, 0.1) is 0 Å². The molecule has 0 aliphatic heterocycles. The average molecular weight is 932 g/mol. The summed E-state index contributed by atoms with van der Waals surface area (Å²) in [5, 5.41) is -1.15. The molecule has 0 heterocycles. The summed E-state index contributed by atoms with van der Waals surface area (Å²) in [6, 6.07) is 0. The van der Waals surface area contributed by atoms with E-state index in [1.165, 1.54) is 0 Å². The summed E-state index contributed by atoms with van der Waals surface area (Å²) in [7, 11) is 0. The minimum atomic E-state index is -1.15. The van der Waals surface area contributed by atoms with Crippen LogP contribution < -0.4 is 0 Å². The van der Waals surface area contributed by atoms with Crippen LogP contribution in [-0.2, 0) is 0 Å². The van der Waals surface area contributed by atoms with Crippen molar-refractivity contribution in [2.24, 2.45) is 0 Å². The molecule has 0 radical (unpaired) electrons. The highest BCUT2D eigenvalue weighted by atomic mass is 127. The molecule has 0 amide bonds. The van der Waals surface area contributed by atoms with Crippen molar-refractivity contribution in [3.8, 4) is 0 Å². The predicted octanol–water partition coefficient (Wildman–Crippen LogP) is 6.90. The van der Waals surface area contributed by atoms with Crippen LogP contribution in [0.4, 0.5) is 0 Å². The monoisotopic (exact) mass is 931 g/mol. The second-order valence-electron chi connectivity index (χ2n) is 4.15. The lowest BCUT2D eigenvalue weighted by Crippen LogP contribution is -2.63. The molecule has 0 aliphatic rings. The molecular formula is C6H14I6Si3. The average Bonchev–Trinajstić information content (AvgIpc) is 1.99. The second-order valence-corrected chi connectivity index (χ2v) is 99.7. The van der Waals surface area contributed by atoms with E-state index < -0.39 is 7.27 Å². The summed E-state index contributed by atoms with van der Waals surface area (Å²) in [5.41, 5.74) is 1.81.